The van der Waals surface area contributed by atoms with E-state index in [-0.39, 0.29) is 11.9 Å². The molecule has 0 radical (unpaired) electrons. The number of aromatic nitrogens is 4. The number of pyridine rings is 1. The third kappa shape index (κ3) is 4.82. The summed E-state index contributed by atoms with van der Waals surface area (Å²) in [4.78, 5) is 20.0. The lowest BCUT2D eigenvalue weighted by atomic mass is 10.3. The van der Waals surface area contributed by atoms with Gasteiger partial charge in [-0.2, -0.15) is 0 Å². The Kier molecular flexibility index (Phi) is 6.31. The lowest BCUT2D eigenvalue weighted by molar-refractivity contribution is 0.254. The molecule has 2 N–H and O–H groups in total. The summed E-state index contributed by atoms with van der Waals surface area (Å²) in [6.07, 6.45) is 3.92. The zero-order chi connectivity index (χ0) is 19.1. The van der Waals surface area contributed by atoms with E-state index in [9.17, 15) is 9.18 Å². The SMILES string of the molecule is C=N/C(=C\C(F)=C/C)NC(=O)Nc1cccc(-c2nncn2C(C)C)n1. The lowest BCUT2D eigenvalue weighted by Gasteiger charge is -2.11. The number of urea groups is 1. The molecule has 2 aromatic rings. The summed E-state index contributed by atoms with van der Waals surface area (Å²) in [5, 5.41) is 12.9. The summed E-state index contributed by atoms with van der Waals surface area (Å²) in [5.41, 5.74) is 0.562. The topological polar surface area (TPSA) is 97.1 Å². The van der Waals surface area contributed by atoms with Gasteiger partial charge in [-0.05, 0) is 39.6 Å². The number of nitrogens with one attached hydrogen (secondary N) is 2. The molecule has 0 saturated carbocycles. The van der Waals surface area contributed by atoms with E-state index >= 15 is 0 Å². The Bertz CT molecular complexity index is 854. The standard InChI is InChI=1S/C17H20FN7O/c1-5-12(18)9-15(19-4)23-17(26)22-14-8-6-7-13(21-14)16-24-20-10-25(16)11(2)3/h5-11H,4H2,1-3H3,(H2,21,22,23,26)/b12-5+,15-9+. The highest BCUT2D eigenvalue weighted by atomic mass is 19.1. The van der Waals surface area contributed by atoms with Crippen LogP contribution in [0.4, 0.5) is 15.0 Å². The largest absolute Gasteiger partial charge is 0.326 e. The molecule has 0 aliphatic heterocycles. The number of anilines is 1. The van der Waals surface area contributed by atoms with Crippen molar-refractivity contribution in [3.05, 3.63) is 48.3 Å². The molecule has 0 spiro atoms. The van der Waals surface area contributed by atoms with Gasteiger partial charge in [-0.1, -0.05) is 12.1 Å². The van der Waals surface area contributed by atoms with Crippen molar-refractivity contribution in [1.82, 2.24) is 25.1 Å². The van der Waals surface area contributed by atoms with Crippen molar-refractivity contribution in [1.29, 1.82) is 0 Å². The predicted molar refractivity (Wildman–Crippen MR) is 98.3 cm³/mol. The van der Waals surface area contributed by atoms with Crippen LogP contribution in [-0.2, 0) is 0 Å². The van der Waals surface area contributed by atoms with Crippen LogP contribution >= 0.6 is 0 Å². The molecule has 2 rings (SSSR count). The molecule has 26 heavy (non-hydrogen) atoms. The minimum atomic E-state index is -0.623. The van der Waals surface area contributed by atoms with Gasteiger partial charge in [-0.15, -0.1) is 10.2 Å². The Balaban J connectivity index is 2.16. The zero-order valence-electron chi connectivity index (χ0n) is 14.8. The molecule has 0 atom stereocenters. The highest BCUT2D eigenvalue weighted by Gasteiger charge is 2.12. The lowest BCUT2D eigenvalue weighted by Crippen LogP contribution is -2.28. The second-order valence-corrected chi connectivity index (χ2v) is 5.50. The van der Waals surface area contributed by atoms with E-state index in [1.165, 1.54) is 13.0 Å². The van der Waals surface area contributed by atoms with Gasteiger partial charge in [-0.25, -0.2) is 19.2 Å². The monoisotopic (exact) mass is 357 g/mol. The number of carbonyl (C=O) groups excluding carboxylic acids is 1. The van der Waals surface area contributed by atoms with Gasteiger partial charge in [0.15, 0.2) is 5.82 Å². The minimum absolute atomic E-state index is 0.0196. The van der Waals surface area contributed by atoms with Crippen LogP contribution < -0.4 is 10.6 Å². The molecule has 2 amide bonds. The average molecular weight is 357 g/mol. The number of aliphatic imine (C=N–C) groups is 1. The first-order chi connectivity index (χ1) is 12.4. The van der Waals surface area contributed by atoms with Crippen LogP contribution in [0.25, 0.3) is 11.5 Å². The molecular formula is C17H20FN7O. The number of hydrogen-bond donors (Lipinski definition) is 2. The molecule has 0 bridgehead atoms. The summed E-state index contributed by atoms with van der Waals surface area (Å²) in [6.45, 7) is 8.82. The number of amides is 2. The first-order valence-corrected chi connectivity index (χ1v) is 7.89. The summed E-state index contributed by atoms with van der Waals surface area (Å²) < 4.78 is 15.1. The fraction of sp³-hybridized carbons (Fsp3) is 0.235. The van der Waals surface area contributed by atoms with Crippen molar-refractivity contribution in [3.8, 4) is 11.5 Å². The average Bonchev–Trinajstić information content (AvgIpc) is 3.11. The van der Waals surface area contributed by atoms with E-state index in [0.717, 1.165) is 6.08 Å². The van der Waals surface area contributed by atoms with E-state index in [4.69, 9.17) is 0 Å². The quantitative estimate of drug-likeness (QED) is 0.611. The van der Waals surface area contributed by atoms with Gasteiger partial charge in [-0.3, -0.25) is 10.6 Å². The van der Waals surface area contributed by atoms with Gasteiger partial charge >= 0.3 is 6.03 Å². The van der Waals surface area contributed by atoms with Gasteiger partial charge < -0.3 is 4.57 Å². The highest BCUT2D eigenvalue weighted by Crippen LogP contribution is 2.19. The number of rotatable bonds is 6. The minimum Gasteiger partial charge on any atom is -0.310 e. The van der Waals surface area contributed by atoms with Crippen molar-refractivity contribution in [3.63, 3.8) is 0 Å². The Hall–Kier alpha value is -3.36. The van der Waals surface area contributed by atoms with E-state index in [1.54, 1.807) is 24.5 Å². The van der Waals surface area contributed by atoms with Crippen molar-refractivity contribution >= 4 is 18.6 Å². The van der Waals surface area contributed by atoms with Crippen LogP contribution in [0, 0.1) is 0 Å². The summed E-state index contributed by atoms with van der Waals surface area (Å²) >= 11 is 0. The maximum absolute atomic E-state index is 13.3. The van der Waals surface area contributed by atoms with Crippen molar-refractivity contribution in [2.24, 2.45) is 4.99 Å². The summed E-state index contributed by atoms with van der Waals surface area (Å²) in [5.74, 6) is 0.329. The molecular weight excluding hydrogens is 337 g/mol. The molecule has 136 valence electrons. The highest BCUT2D eigenvalue weighted by molar-refractivity contribution is 5.89. The third-order valence-electron chi connectivity index (χ3n) is 3.31. The molecule has 8 nitrogen and oxygen atoms in total. The van der Waals surface area contributed by atoms with Gasteiger partial charge in [0.05, 0.1) is 0 Å². The van der Waals surface area contributed by atoms with Gasteiger partial charge in [0.25, 0.3) is 0 Å². The molecule has 0 aliphatic carbocycles. The van der Waals surface area contributed by atoms with Crippen molar-refractivity contribution in [2.45, 2.75) is 26.8 Å². The van der Waals surface area contributed by atoms with E-state index < -0.39 is 11.9 Å². The predicted octanol–water partition coefficient (Wildman–Crippen LogP) is 3.46. The molecule has 2 heterocycles. The van der Waals surface area contributed by atoms with Crippen LogP contribution in [-0.4, -0.2) is 32.5 Å². The van der Waals surface area contributed by atoms with Crippen LogP contribution in [0.2, 0.25) is 0 Å². The number of allylic oxidation sites excluding steroid dienone is 3. The Morgan fingerprint density at radius 2 is 2.19 bits per heavy atom. The van der Waals surface area contributed by atoms with Gasteiger partial charge in [0, 0.05) is 12.1 Å². The third-order valence-corrected chi connectivity index (χ3v) is 3.31. The number of carbonyl (C=O) groups is 1. The number of hydrogen-bond acceptors (Lipinski definition) is 5. The Labute approximate surface area is 150 Å². The smallest absolute Gasteiger partial charge is 0.310 e. The Morgan fingerprint density at radius 1 is 1.42 bits per heavy atom. The molecule has 2 aromatic heterocycles. The van der Waals surface area contributed by atoms with Crippen LogP contribution in [0.15, 0.2) is 53.3 Å². The van der Waals surface area contributed by atoms with Gasteiger partial charge in [0.2, 0.25) is 0 Å². The second-order valence-electron chi connectivity index (χ2n) is 5.50. The molecule has 0 unspecified atom stereocenters. The molecule has 9 heteroatoms. The van der Waals surface area contributed by atoms with Crippen LogP contribution in [0.3, 0.4) is 0 Å². The van der Waals surface area contributed by atoms with Crippen molar-refractivity contribution in [2.75, 3.05) is 5.32 Å². The normalized spacial score (nSPS) is 12.2. The first-order valence-electron chi connectivity index (χ1n) is 7.89. The first kappa shape index (κ1) is 19.0. The fourth-order valence-corrected chi connectivity index (χ4v) is 2.03. The van der Waals surface area contributed by atoms with E-state index in [2.05, 4.69) is 37.5 Å². The maximum Gasteiger partial charge on any atom is 0.326 e. The number of halogens is 1. The van der Waals surface area contributed by atoms with Crippen LogP contribution in [0.1, 0.15) is 26.8 Å². The number of nitrogens with zero attached hydrogens (tertiary/aromatic N) is 5. The van der Waals surface area contributed by atoms with Crippen molar-refractivity contribution < 1.29 is 9.18 Å². The fourth-order valence-electron chi connectivity index (χ4n) is 2.03. The van der Waals surface area contributed by atoms with Crippen LogP contribution in [0.5, 0.6) is 0 Å². The molecule has 0 aromatic carbocycles. The zero-order valence-corrected chi connectivity index (χ0v) is 14.8. The molecule has 0 aliphatic rings. The second kappa shape index (κ2) is 8.65. The van der Waals surface area contributed by atoms with E-state index in [1.807, 2.05) is 18.4 Å². The Morgan fingerprint density at radius 3 is 2.85 bits per heavy atom. The molecule has 0 saturated heterocycles. The summed E-state index contributed by atoms with van der Waals surface area (Å²) in [6, 6.07) is 4.66. The van der Waals surface area contributed by atoms with Gasteiger partial charge in [0.1, 0.15) is 29.5 Å². The maximum atomic E-state index is 13.3. The summed E-state index contributed by atoms with van der Waals surface area (Å²) in [7, 11) is 0. The molecule has 0 fully saturated rings. The van der Waals surface area contributed by atoms with E-state index in [0.29, 0.717) is 17.3 Å².